The van der Waals surface area contributed by atoms with E-state index in [0.717, 1.165) is 35.8 Å². The molecule has 0 radical (unpaired) electrons. The number of hydrogen-bond donors (Lipinski definition) is 1. The highest BCUT2D eigenvalue weighted by Gasteiger charge is 2.21. The fourth-order valence-electron chi connectivity index (χ4n) is 2.24. The Bertz CT molecular complexity index is 580. The lowest BCUT2D eigenvalue weighted by Gasteiger charge is -1.99. The number of nitrogens with zero attached hydrogens (tertiary/aromatic N) is 3. The SMILES string of the molecule is Cc1nc(C)n(Cc2cc(CNC3CC3)c(C)o2)n1. The minimum atomic E-state index is 0.650. The van der Waals surface area contributed by atoms with Crippen LogP contribution in [0, 0.1) is 20.8 Å². The highest BCUT2D eigenvalue weighted by atomic mass is 16.3. The number of nitrogens with one attached hydrogen (secondary N) is 1. The second-order valence-electron chi connectivity index (χ2n) is 5.31. The minimum Gasteiger partial charge on any atom is -0.464 e. The maximum absolute atomic E-state index is 5.81. The number of hydrogen-bond acceptors (Lipinski definition) is 4. The van der Waals surface area contributed by atoms with E-state index in [9.17, 15) is 0 Å². The van der Waals surface area contributed by atoms with Crippen molar-refractivity contribution < 1.29 is 4.42 Å². The van der Waals surface area contributed by atoms with E-state index in [1.54, 1.807) is 0 Å². The second kappa shape index (κ2) is 4.81. The maximum atomic E-state index is 5.81. The average molecular weight is 260 g/mol. The van der Waals surface area contributed by atoms with E-state index in [1.165, 1.54) is 18.4 Å². The van der Waals surface area contributed by atoms with Gasteiger partial charge in [-0.2, -0.15) is 5.10 Å². The van der Waals surface area contributed by atoms with Crippen molar-refractivity contribution in [3.05, 3.63) is 34.8 Å². The van der Waals surface area contributed by atoms with Crippen LogP contribution in [0.2, 0.25) is 0 Å². The van der Waals surface area contributed by atoms with E-state index >= 15 is 0 Å². The molecule has 0 bridgehead atoms. The molecular formula is C14H20N4O. The molecule has 5 nitrogen and oxygen atoms in total. The van der Waals surface area contributed by atoms with Gasteiger partial charge in [-0.25, -0.2) is 9.67 Å². The van der Waals surface area contributed by atoms with Gasteiger partial charge in [0.05, 0.1) is 0 Å². The molecule has 1 N–H and O–H groups in total. The molecular weight excluding hydrogens is 240 g/mol. The van der Waals surface area contributed by atoms with E-state index in [-0.39, 0.29) is 0 Å². The van der Waals surface area contributed by atoms with Crippen molar-refractivity contribution in [2.75, 3.05) is 0 Å². The quantitative estimate of drug-likeness (QED) is 0.894. The van der Waals surface area contributed by atoms with Crippen LogP contribution in [0.1, 0.15) is 41.6 Å². The number of rotatable bonds is 5. The lowest BCUT2D eigenvalue weighted by molar-refractivity contribution is 0.452. The van der Waals surface area contributed by atoms with Crippen molar-refractivity contribution in [3.63, 3.8) is 0 Å². The van der Waals surface area contributed by atoms with Gasteiger partial charge in [-0.15, -0.1) is 0 Å². The first-order chi connectivity index (χ1) is 9.11. The topological polar surface area (TPSA) is 55.9 Å². The molecule has 19 heavy (non-hydrogen) atoms. The molecule has 1 fully saturated rings. The summed E-state index contributed by atoms with van der Waals surface area (Å²) in [4.78, 5) is 4.30. The van der Waals surface area contributed by atoms with Crippen LogP contribution in [-0.2, 0) is 13.1 Å². The van der Waals surface area contributed by atoms with E-state index in [0.29, 0.717) is 6.54 Å². The second-order valence-corrected chi connectivity index (χ2v) is 5.31. The molecule has 5 heteroatoms. The zero-order valence-corrected chi connectivity index (χ0v) is 11.7. The Kier molecular flexibility index (Phi) is 3.14. The Balaban J connectivity index is 1.70. The Morgan fingerprint density at radius 2 is 2.16 bits per heavy atom. The normalized spacial score (nSPS) is 15.1. The van der Waals surface area contributed by atoms with Crippen LogP contribution in [0.3, 0.4) is 0 Å². The summed E-state index contributed by atoms with van der Waals surface area (Å²) in [6, 6.07) is 2.85. The lowest BCUT2D eigenvalue weighted by Crippen LogP contribution is -2.15. The van der Waals surface area contributed by atoms with Gasteiger partial charge < -0.3 is 9.73 Å². The third-order valence-corrected chi connectivity index (χ3v) is 3.50. The molecule has 0 amide bonds. The van der Waals surface area contributed by atoms with Crippen LogP contribution in [-0.4, -0.2) is 20.8 Å². The molecule has 102 valence electrons. The van der Waals surface area contributed by atoms with Crippen molar-refractivity contribution >= 4 is 0 Å². The van der Waals surface area contributed by atoms with Gasteiger partial charge in [-0.1, -0.05) is 0 Å². The zero-order valence-electron chi connectivity index (χ0n) is 11.7. The van der Waals surface area contributed by atoms with Crippen molar-refractivity contribution in [1.29, 1.82) is 0 Å². The van der Waals surface area contributed by atoms with Gasteiger partial charge in [0, 0.05) is 18.2 Å². The minimum absolute atomic E-state index is 0.650. The van der Waals surface area contributed by atoms with Gasteiger partial charge >= 0.3 is 0 Å². The van der Waals surface area contributed by atoms with E-state index < -0.39 is 0 Å². The molecule has 0 spiro atoms. The van der Waals surface area contributed by atoms with Crippen molar-refractivity contribution in [2.24, 2.45) is 0 Å². The number of furan rings is 1. The molecule has 0 aliphatic heterocycles. The summed E-state index contributed by atoms with van der Waals surface area (Å²) in [5, 5.41) is 7.87. The van der Waals surface area contributed by atoms with Gasteiger partial charge in [-0.3, -0.25) is 0 Å². The lowest BCUT2D eigenvalue weighted by atomic mass is 10.2. The largest absolute Gasteiger partial charge is 0.464 e. The third-order valence-electron chi connectivity index (χ3n) is 3.50. The average Bonchev–Trinajstić information content (AvgIpc) is 3.03. The predicted octanol–water partition coefficient (Wildman–Crippen LogP) is 2.10. The molecule has 2 aromatic heterocycles. The summed E-state index contributed by atoms with van der Waals surface area (Å²) >= 11 is 0. The third kappa shape index (κ3) is 2.87. The first-order valence-corrected chi connectivity index (χ1v) is 6.81. The maximum Gasteiger partial charge on any atom is 0.147 e. The van der Waals surface area contributed by atoms with Crippen LogP contribution >= 0.6 is 0 Å². The Morgan fingerprint density at radius 1 is 1.37 bits per heavy atom. The van der Waals surface area contributed by atoms with Crippen LogP contribution in [0.25, 0.3) is 0 Å². The van der Waals surface area contributed by atoms with Crippen LogP contribution in [0.4, 0.5) is 0 Å². The van der Waals surface area contributed by atoms with Crippen molar-refractivity contribution in [2.45, 2.75) is 52.7 Å². The Labute approximate surface area is 113 Å². The summed E-state index contributed by atoms with van der Waals surface area (Å²) in [5.74, 6) is 3.66. The van der Waals surface area contributed by atoms with Crippen LogP contribution in [0.15, 0.2) is 10.5 Å². The zero-order chi connectivity index (χ0) is 13.4. The van der Waals surface area contributed by atoms with Gasteiger partial charge in [0.1, 0.15) is 29.7 Å². The number of aromatic nitrogens is 3. The van der Waals surface area contributed by atoms with Gasteiger partial charge in [-0.05, 0) is 39.7 Å². The first-order valence-electron chi connectivity index (χ1n) is 6.81. The number of aryl methyl sites for hydroxylation is 3. The monoisotopic (exact) mass is 260 g/mol. The molecule has 0 saturated heterocycles. The van der Waals surface area contributed by atoms with Gasteiger partial charge in [0.15, 0.2) is 0 Å². The summed E-state index contributed by atoms with van der Waals surface area (Å²) in [6.07, 6.45) is 2.61. The van der Waals surface area contributed by atoms with Crippen LogP contribution in [0.5, 0.6) is 0 Å². The fraction of sp³-hybridized carbons (Fsp3) is 0.571. The molecule has 1 aliphatic rings. The summed E-state index contributed by atoms with van der Waals surface area (Å²) in [7, 11) is 0. The standard InChI is InChI=1S/C14H20N4O/c1-9-12(7-15-13-4-5-13)6-14(19-9)8-18-11(3)16-10(2)17-18/h6,13,15H,4-5,7-8H2,1-3H3. The summed E-state index contributed by atoms with van der Waals surface area (Å²) in [6.45, 7) is 7.44. The van der Waals surface area contributed by atoms with Gasteiger partial charge in [0.25, 0.3) is 0 Å². The van der Waals surface area contributed by atoms with E-state index in [1.807, 2.05) is 25.5 Å². The highest BCUT2D eigenvalue weighted by Crippen LogP contribution is 2.21. The molecule has 0 aromatic carbocycles. The molecule has 0 atom stereocenters. The van der Waals surface area contributed by atoms with E-state index in [2.05, 4.69) is 21.5 Å². The van der Waals surface area contributed by atoms with Crippen molar-refractivity contribution in [3.8, 4) is 0 Å². The predicted molar refractivity (Wildman–Crippen MR) is 71.9 cm³/mol. The summed E-state index contributed by atoms with van der Waals surface area (Å²) < 4.78 is 7.69. The molecule has 2 heterocycles. The fourth-order valence-corrected chi connectivity index (χ4v) is 2.24. The molecule has 3 rings (SSSR count). The molecule has 0 unspecified atom stereocenters. The summed E-state index contributed by atoms with van der Waals surface area (Å²) in [5.41, 5.74) is 1.25. The molecule has 1 aliphatic carbocycles. The Morgan fingerprint density at radius 3 is 2.79 bits per heavy atom. The highest BCUT2D eigenvalue weighted by molar-refractivity contribution is 5.21. The van der Waals surface area contributed by atoms with Crippen LogP contribution < -0.4 is 5.32 Å². The van der Waals surface area contributed by atoms with Gasteiger partial charge in [0.2, 0.25) is 0 Å². The Hall–Kier alpha value is -1.62. The first kappa shape index (κ1) is 12.4. The van der Waals surface area contributed by atoms with E-state index in [4.69, 9.17) is 4.42 Å². The smallest absolute Gasteiger partial charge is 0.147 e. The van der Waals surface area contributed by atoms with Crippen molar-refractivity contribution in [1.82, 2.24) is 20.1 Å². The molecule has 2 aromatic rings. The molecule has 1 saturated carbocycles.